The molecule has 2 aromatic rings. The van der Waals surface area contributed by atoms with Crippen LogP contribution in [0.2, 0.25) is 0 Å². The van der Waals surface area contributed by atoms with Crippen LogP contribution in [0.1, 0.15) is 38.8 Å². The molecule has 0 aromatic heterocycles. The Hall–Kier alpha value is -2.56. The number of anilines is 2. The molecule has 2 heterocycles. The summed E-state index contributed by atoms with van der Waals surface area (Å²) in [6, 6.07) is 16.9. The molecule has 1 saturated carbocycles. The molecule has 168 valence electrons. The number of rotatable bonds is 2. The fourth-order valence-corrected chi connectivity index (χ4v) is 6.13. The predicted molar refractivity (Wildman–Crippen MR) is 131 cm³/mol. The lowest BCUT2D eigenvalue weighted by atomic mass is 9.66. The smallest absolute Gasteiger partial charge is 0.0716 e. The van der Waals surface area contributed by atoms with E-state index >= 15 is 0 Å². The Morgan fingerprint density at radius 1 is 0.656 bits per heavy atom. The minimum Gasteiger partial charge on any atom is -0.392 e. The number of nitrogens with zero attached hydrogens (tertiary/aromatic N) is 2. The van der Waals surface area contributed by atoms with E-state index in [1.807, 2.05) is 0 Å². The highest BCUT2D eigenvalue weighted by molar-refractivity contribution is 5.71. The van der Waals surface area contributed by atoms with Crippen molar-refractivity contribution in [3.8, 4) is 0 Å². The summed E-state index contributed by atoms with van der Waals surface area (Å²) in [6.45, 7) is 8.85. The second kappa shape index (κ2) is 6.97. The molecule has 3 aliphatic rings. The summed E-state index contributed by atoms with van der Waals surface area (Å²) in [5, 5.41) is 22.2. The Kier molecular flexibility index (Phi) is 4.64. The van der Waals surface area contributed by atoms with Crippen molar-refractivity contribution in [2.24, 2.45) is 11.8 Å². The van der Waals surface area contributed by atoms with Gasteiger partial charge in [0.15, 0.2) is 0 Å². The van der Waals surface area contributed by atoms with Crippen molar-refractivity contribution in [1.82, 2.24) is 0 Å². The number of hydrogen-bond donors (Lipinski definition) is 2. The summed E-state index contributed by atoms with van der Waals surface area (Å²) in [5.41, 5.74) is 6.89. The van der Waals surface area contributed by atoms with E-state index in [9.17, 15) is 10.2 Å². The molecule has 2 atom stereocenters. The topological polar surface area (TPSA) is 46.9 Å². The third-order valence-electron chi connectivity index (χ3n) is 8.16. The molecule has 5 rings (SSSR count). The van der Waals surface area contributed by atoms with E-state index in [2.05, 4.69) is 112 Å². The monoisotopic (exact) mass is 430 g/mol. The average Bonchev–Trinajstić information content (AvgIpc) is 3.09. The first-order valence-electron chi connectivity index (χ1n) is 11.5. The van der Waals surface area contributed by atoms with Crippen LogP contribution in [-0.2, 0) is 10.8 Å². The molecule has 2 N–H and O–H groups in total. The van der Waals surface area contributed by atoms with Gasteiger partial charge in [0.25, 0.3) is 0 Å². The molecule has 4 nitrogen and oxygen atoms in total. The fraction of sp³-hybridized carbons (Fsp3) is 0.429. The van der Waals surface area contributed by atoms with E-state index in [1.54, 1.807) is 0 Å². The minimum atomic E-state index is -0.606. The minimum absolute atomic E-state index is 0.163. The summed E-state index contributed by atoms with van der Waals surface area (Å²) in [7, 11) is 4.15. The lowest BCUT2D eigenvalue weighted by Gasteiger charge is -2.45. The van der Waals surface area contributed by atoms with Crippen LogP contribution in [0.5, 0.6) is 0 Å². The first-order chi connectivity index (χ1) is 15.1. The molecule has 0 bridgehead atoms. The number of aliphatic hydroxyl groups excluding tert-OH is 2. The number of allylic oxidation sites excluding steroid dienone is 2. The molecule has 0 spiro atoms. The zero-order valence-corrected chi connectivity index (χ0v) is 19.9. The molecule has 2 aromatic carbocycles. The number of likely N-dealkylation sites (N-methyl/N-ethyl adjacent to an activating group) is 2. The van der Waals surface area contributed by atoms with Gasteiger partial charge < -0.3 is 20.0 Å². The van der Waals surface area contributed by atoms with Gasteiger partial charge in [-0.05, 0) is 23.3 Å². The highest BCUT2D eigenvalue weighted by Gasteiger charge is 2.50. The van der Waals surface area contributed by atoms with Gasteiger partial charge in [-0.15, -0.1) is 0 Å². The Morgan fingerprint density at radius 2 is 1.00 bits per heavy atom. The number of para-hydroxylation sites is 2. The van der Waals surface area contributed by atoms with Gasteiger partial charge in [0.2, 0.25) is 0 Å². The lowest BCUT2D eigenvalue weighted by molar-refractivity contribution is -0.111. The largest absolute Gasteiger partial charge is 0.392 e. The van der Waals surface area contributed by atoms with Crippen LogP contribution in [0, 0.1) is 11.8 Å². The van der Waals surface area contributed by atoms with E-state index in [0.717, 1.165) is 11.4 Å². The first kappa shape index (κ1) is 21.3. The quantitative estimate of drug-likeness (QED) is 0.732. The van der Waals surface area contributed by atoms with Crippen molar-refractivity contribution >= 4 is 11.4 Å². The van der Waals surface area contributed by atoms with E-state index in [1.165, 1.54) is 22.5 Å². The third-order valence-corrected chi connectivity index (χ3v) is 8.16. The maximum atomic E-state index is 11.1. The molecular formula is C28H34N2O2. The number of benzene rings is 2. The molecule has 2 unspecified atom stereocenters. The number of aliphatic hydroxyl groups is 2. The van der Waals surface area contributed by atoms with E-state index < -0.39 is 12.2 Å². The standard InChI is InChI=1S/C28H34N2O2/c1-27(2)19-11-7-9-13-21(19)29(5)23(27)15-17-25(31)18(26(17)32)16-24-28(3,4)20-12-8-10-14-22(20)30(24)6/h7-18,25-26,31-32H,1-6H3/b23-15-,24-16+. The SMILES string of the molecule is CN1/C(=C\C2C(O)C(/C=C3/N(C)c4ccccc4C3(C)C)C2O)C(C)(C)c2ccccc21. The van der Waals surface area contributed by atoms with Crippen molar-refractivity contribution in [1.29, 1.82) is 0 Å². The van der Waals surface area contributed by atoms with Crippen molar-refractivity contribution in [3.63, 3.8) is 0 Å². The zero-order valence-electron chi connectivity index (χ0n) is 19.9. The highest BCUT2D eigenvalue weighted by Crippen LogP contribution is 2.51. The van der Waals surface area contributed by atoms with E-state index in [4.69, 9.17) is 0 Å². The Bertz CT molecular complexity index is 1030. The number of fused-ring (bicyclic) bond motifs is 2. The van der Waals surface area contributed by atoms with Gasteiger partial charge in [-0.3, -0.25) is 0 Å². The van der Waals surface area contributed by atoms with Crippen molar-refractivity contribution < 1.29 is 10.2 Å². The predicted octanol–water partition coefficient (Wildman–Crippen LogP) is 4.58. The Balaban J connectivity index is 1.43. The fourth-order valence-electron chi connectivity index (χ4n) is 6.13. The summed E-state index contributed by atoms with van der Waals surface area (Å²) in [4.78, 5) is 4.40. The maximum absolute atomic E-state index is 11.1. The molecular weight excluding hydrogens is 396 g/mol. The van der Waals surface area contributed by atoms with Crippen LogP contribution in [0.3, 0.4) is 0 Å². The summed E-state index contributed by atoms with van der Waals surface area (Å²) in [5.74, 6) is -0.555. The molecule has 2 aliphatic heterocycles. The summed E-state index contributed by atoms with van der Waals surface area (Å²) >= 11 is 0. The van der Waals surface area contributed by atoms with Crippen LogP contribution in [0.15, 0.2) is 72.1 Å². The number of hydrogen-bond acceptors (Lipinski definition) is 4. The zero-order chi connectivity index (χ0) is 23.0. The van der Waals surface area contributed by atoms with Gasteiger partial charge in [-0.25, -0.2) is 0 Å². The van der Waals surface area contributed by atoms with Crippen LogP contribution >= 0.6 is 0 Å². The third kappa shape index (κ3) is 2.76. The van der Waals surface area contributed by atoms with Crippen LogP contribution < -0.4 is 9.80 Å². The molecule has 0 saturated heterocycles. The average molecular weight is 431 g/mol. The second-order valence-electron chi connectivity index (χ2n) is 10.6. The molecule has 0 amide bonds. The summed E-state index contributed by atoms with van der Waals surface area (Å²) in [6.07, 6.45) is 2.99. The molecule has 0 radical (unpaired) electrons. The Labute approximate surface area is 191 Å². The maximum Gasteiger partial charge on any atom is 0.0716 e. The van der Waals surface area contributed by atoms with Gasteiger partial charge in [-0.1, -0.05) is 76.2 Å². The van der Waals surface area contributed by atoms with Crippen LogP contribution in [-0.4, -0.2) is 36.5 Å². The normalized spacial score (nSPS) is 32.2. The van der Waals surface area contributed by atoms with Crippen molar-refractivity contribution in [2.75, 3.05) is 23.9 Å². The van der Waals surface area contributed by atoms with E-state index in [0.29, 0.717) is 0 Å². The van der Waals surface area contributed by atoms with Gasteiger partial charge in [0.1, 0.15) is 0 Å². The lowest BCUT2D eigenvalue weighted by Crippen LogP contribution is -2.54. The van der Waals surface area contributed by atoms with Gasteiger partial charge in [0, 0.05) is 59.5 Å². The molecule has 32 heavy (non-hydrogen) atoms. The van der Waals surface area contributed by atoms with Crippen molar-refractivity contribution in [3.05, 3.63) is 83.2 Å². The van der Waals surface area contributed by atoms with Gasteiger partial charge in [0.05, 0.1) is 12.2 Å². The van der Waals surface area contributed by atoms with Crippen LogP contribution in [0.4, 0.5) is 11.4 Å². The van der Waals surface area contributed by atoms with Gasteiger partial charge in [-0.2, -0.15) is 0 Å². The van der Waals surface area contributed by atoms with Gasteiger partial charge >= 0.3 is 0 Å². The van der Waals surface area contributed by atoms with E-state index in [-0.39, 0.29) is 22.7 Å². The van der Waals surface area contributed by atoms with Crippen molar-refractivity contribution in [2.45, 2.75) is 50.7 Å². The summed E-state index contributed by atoms with van der Waals surface area (Å²) < 4.78 is 0. The molecule has 4 heteroatoms. The molecule has 1 fully saturated rings. The van der Waals surface area contributed by atoms with Crippen LogP contribution in [0.25, 0.3) is 0 Å². The second-order valence-corrected chi connectivity index (χ2v) is 10.6. The molecule has 1 aliphatic carbocycles. The first-order valence-corrected chi connectivity index (χ1v) is 11.5. The Morgan fingerprint density at radius 3 is 1.34 bits per heavy atom. The highest BCUT2D eigenvalue weighted by atomic mass is 16.3.